The summed E-state index contributed by atoms with van der Waals surface area (Å²) in [5.41, 5.74) is 5.27. The lowest BCUT2D eigenvalue weighted by atomic mass is 10.0. The molecule has 18 heavy (non-hydrogen) atoms. The number of carbonyl (C=O) groups excluding carboxylic acids is 1. The monoisotopic (exact) mass is 267 g/mol. The van der Waals surface area contributed by atoms with Gasteiger partial charge in [-0.2, -0.15) is 0 Å². The van der Waals surface area contributed by atoms with Crippen molar-refractivity contribution >= 4 is 17.4 Å². The van der Waals surface area contributed by atoms with Gasteiger partial charge in [-0.1, -0.05) is 6.07 Å². The molecule has 4 nitrogen and oxygen atoms in total. The summed E-state index contributed by atoms with van der Waals surface area (Å²) in [4.78, 5) is 14.2. The molecule has 0 saturated carbocycles. The highest BCUT2D eigenvalue weighted by Gasteiger charge is 2.22. The number of nitrogens with two attached hydrogens (primary N) is 1. The number of piperidine rings is 1. The molecule has 2 heterocycles. The summed E-state index contributed by atoms with van der Waals surface area (Å²) in [6, 6.07) is 4.97. The van der Waals surface area contributed by atoms with Crippen molar-refractivity contribution in [3.63, 3.8) is 0 Å². The lowest BCUT2D eigenvalue weighted by Crippen LogP contribution is -2.48. The predicted octanol–water partition coefficient (Wildman–Crippen LogP) is 1.81. The zero-order chi connectivity index (χ0) is 13.0. The maximum Gasteiger partial charge on any atom is 0.314 e. The third kappa shape index (κ3) is 3.71. The average molecular weight is 267 g/mol. The number of urea groups is 1. The summed E-state index contributed by atoms with van der Waals surface area (Å²) in [7, 11) is 0. The molecule has 100 valence electrons. The minimum absolute atomic E-state index is 0.292. The summed E-state index contributed by atoms with van der Waals surface area (Å²) in [6.45, 7) is 3.78. The summed E-state index contributed by atoms with van der Waals surface area (Å²) in [6.07, 6.45) is 3.07. The van der Waals surface area contributed by atoms with E-state index in [0.29, 0.717) is 12.1 Å². The van der Waals surface area contributed by atoms with Crippen LogP contribution in [0.15, 0.2) is 17.5 Å². The van der Waals surface area contributed by atoms with Crippen molar-refractivity contribution in [1.29, 1.82) is 0 Å². The Hall–Kier alpha value is -1.07. The molecule has 1 saturated heterocycles. The molecule has 0 radical (unpaired) electrons. The molecule has 1 aromatic rings. The summed E-state index contributed by atoms with van der Waals surface area (Å²) in [5, 5.41) is 5.76. The van der Waals surface area contributed by atoms with Crippen LogP contribution in [0.2, 0.25) is 0 Å². The molecule has 1 aromatic heterocycles. The van der Waals surface area contributed by atoms with Gasteiger partial charge in [-0.25, -0.2) is 4.79 Å². The van der Waals surface area contributed by atoms with Gasteiger partial charge in [-0.15, -0.1) is 11.3 Å². The van der Waals surface area contributed by atoms with Crippen molar-refractivity contribution in [1.82, 2.24) is 10.2 Å². The zero-order valence-electron chi connectivity index (χ0n) is 10.8. The van der Waals surface area contributed by atoms with Crippen molar-refractivity contribution < 1.29 is 4.79 Å². The fraction of sp³-hybridized carbons (Fsp3) is 0.615. The molecule has 2 amide bonds. The van der Waals surface area contributed by atoms with E-state index < -0.39 is 0 Å². The van der Waals surface area contributed by atoms with Gasteiger partial charge in [0, 0.05) is 30.1 Å². The number of thiophene rings is 1. The Morgan fingerprint density at radius 1 is 1.61 bits per heavy atom. The number of nitrogens with zero attached hydrogens (tertiary/aromatic N) is 1. The first-order valence-corrected chi connectivity index (χ1v) is 7.36. The number of amides is 2. The van der Waals surface area contributed by atoms with E-state index in [1.165, 1.54) is 4.88 Å². The van der Waals surface area contributed by atoms with Crippen LogP contribution >= 0.6 is 11.3 Å². The highest BCUT2D eigenvalue weighted by Crippen LogP contribution is 2.14. The van der Waals surface area contributed by atoms with Crippen molar-refractivity contribution in [2.24, 2.45) is 5.73 Å². The van der Waals surface area contributed by atoms with Crippen molar-refractivity contribution in [3.05, 3.63) is 22.4 Å². The van der Waals surface area contributed by atoms with Crippen LogP contribution in [0.4, 0.5) is 4.79 Å². The molecule has 0 bridgehead atoms. The Labute approximate surface area is 112 Å². The van der Waals surface area contributed by atoms with Gasteiger partial charge in [0.1, 0.15) is 0 Å². The average Bonchev–Trinajstić information content (AvgIpc) is 2.82. The van der Waals surface area contributed by atoms with Crippen LogP contribution in [0, 0.1) is 0 Å². The number of likely N-dealkylation sites (tertiary alicyclic amines) is 1. The minimum atomic E-state index is -0.292. The number of primary amides is 1. The quantitative estimate of drug-likeness (QED) is 0.874. The van der Waals surface area contributed by atoms with Crippen LogP contribution in [-0.2, 0) is 6.42 Å². The molecule has 5 heteroatoms. The molecule has 1 unspecified atom stereocenters. The lowest BCUT2D eigenvalue weighted by molar-refractivity contribution is 0.183. The topological polar surface area (TPSA) is 58.4 Å². The van der Waals surface area contributed by atoms with Gasteiger partial charge in [-0.3, -0.25) is 0 Å². The van der Waals surface area contributed by atoms with Crippen LogP contribution in [0.1, 0.15) is 24.6 Å². The van der Waals surface area contributed by atoms with Gasteiger partial charge in [0.05, 0.1) is 0 Å². The van der Waals surface area contributed by atoms with E-state index >= 15 is 0 Å². The van der Waals surface area contributed by atoms with Crippen LogP contribution in [-0.4, -0.2) is 36.1 Å². The molecule has 0 aromatic carbocycles. The van der Waals surface area contributed by atoms with E-state index in [-0.39, 0.29) is 6.03 Å². The Bertz CT molecular complexity index is 372. The maximum absolute atomic E-state index is 11.0. The molecule has 2 rings (SSSR count). The summed E-state index contributed by atoms with van der Waals surface area (Å²) in [5.74, 6) is 0. The Kier molecular flexibility index (Phi) is 4.60. The van der Waals surface area contributed by atoms with Crippen LogP contribution in [0.5, 0.6) is 0 Å². The first kappa shape index (κ1) is 13.4. The second-order valence-corrected chi connectivity index (χ2v) is 5.98. The molecular formula is C13H21N3OS. The van der Waals surface area contributed by atoms with Gasteiger partial charge in [-0.05, 0) is 37.6 Å². The molecule has 1 aliphatic rings. The second kappa shape index (κ2) is 6.20. The maximum atomic E-state index is 11.0. The smallest absolute Gasteiger partial charge is 0.314 e. The zero-order valence-corrected chi connectivity index (χ0v) is 11.6. The highest BCUT2D eigenvalue weighted by molar-refractivity contribution is 7.09. The van der Waals surface area contributed by atoms with Gasteiger partial charge in [0.2, 0.25) is 0 Å². The minimum Gasteiger partial charge on any atom is -0.351 e. The van der Waals surface area contributed by atoms with Crippen molar-refractivity contribution in [2.45, 2.75) is 38.3 Å². The largest absolute Gasteiger partial charge is 0.351 e. The standard InChI is InChI=1S/C13H21N3OS/c1-10(9-12-3-2-8-18-12)15-11-4-6-16(7-5-11)13(14)17/h2-3,8,10-11,15H,4-7,9H2,1H3,(H2,14,17). The van der Waals surface area contributed by atoms with E-state index in [2.05, 4.69) is 29.8 Å². The molecule has 0 aliphatic carbocycles. The Morgan fingerprint density at radius 2 is 2.33 bits per heavy atom. The van der Waals surface area contributed by atoms with Crippen LogP contribution in [0.25, 0.3) is 0 Å². The first-order valence-electron chi connectivity index (χ1n) is 6.48. The van der Waals surface area contributed by atoms with Gasteiger partial charge in [0.15, 0.2) is 0 Å². The molecule has 1 fully saturated rings. The Morgan fingerprint density at radius 3 is 2.89 bits per heavy atom. The first-order chi connectivity index (χ1) is 8.65. The number of rotatable bonds is 4. The van der Waals surface area contributed by atoms with E-state index in [1.807, 2.05) is 11.3 Å². The molecule has 1 aliphatic heterocycles. The molecular weight excluding hydrogens is 246 g/mol. The van der Waals surface area contributed by atoms with Crippen LogP contribution in [0.3, 0.4) is 0 Å². The number of hydrogen-bond acceptors (Lipinski definition) is 3. The third-order valence-corrected chi connectivity index (χ3v) is 4.31. The van der Waals surface area contributed by atoms with Crippen molar-refractivity contribution in [3.8, 4) is 0 Å². The fourth-order valence-electron chi connectivity index (χ4n) is 2.46. The van der Waals surface area contributed by atoms with Gasteiger partial charge < -0.3 is 16.0 Å². The SMILES string of the molecule is CC(Cc1cccs1)NC1CCN(C(N)=O)CC1. The fourth-order valence-corrected chi connectivity index (χ4v) is 3.29. The second-order valence-electron chi connectivity index (χ2n) is 4.95. The highest BCUT2D eigenvalue weighted by atomic mass is 32.1. The van der Waals surface area contributed by atoms with E-state index in [0.717, 1.165) is 32.4 Å². The summed E-state index contributed by atoms with van der Waals surface area (Å²) >= 11 is 1.81. The third-order valence-electron chi connectivity index (χ3n) is 3.41. The lowest BCUT2D eigenvalue weighted by Gasteiger charge is -2.32. The number of nitrogens with one attached hydrogen (secondary N) is 1. The summed E-state index contributed by atoms with van der Waals surface area (Å²) < 4.78 is 0. The Balaban J connectivity index is 1.72. The number of hydrogen-bond donors (Lipinski definition) is 2. The van der Waals surface area contributed by atoms with Gasteiger partial charge in [0.25, 0.3) is 0 Å². The van der Waals surface area contributed by atoms with E-state index in [9.17, 15) is 4.79 Å². The number of carbonyl (C=O) groups is 1. The van der Waals surface area contributed by atoms with Crippen LogP contribution < -0.4 is 11.1 Å². The van der Waals surface area contributed by atoms with E-state index in [1.54, 1.807) is 4.90 Å². The van der Waals surface area contributed by atoms with Crippen molar-refractivity contribution in [2.75, 3.05) is 13.1 Å². The molecule has 1 atom stereocenters. The van der Waals surface area contributed by atoms with E-state index in [4.69, 9.17) is 5.73 Å². The molecule has 0 spiro atoms. The predicted molar refractivity (Wildman–Crippen MR) is 74.8 cm³/mol. The normalized spacial score (nSPS) is 18.8. The molecule has 3 N–H and O–H groups in total. The van der Waals surface area contributed by atoms with Gasteiger partial charge >= 0.3 is 6.03 Å².